The van der Waals surface area contributed by atoms with Gasteiger partial charge >= 0.3 is 0 Å². The van der Waals surface area contributed by atoms with E-state index in [1.165, 1.54) is 23.4 Å². The highest BCUT2D eigenvalue weighted by atomic mass is 32.1. The van der Waals surface area contributed by atoms with E-state index in [0.29, 0.717) is 35.3 Å². The number of aryl methyl sites for hydroxylation is 1. The number of thiocarbonyl (C=S) groups is 1. The van der Waals surface area contributed by atoms with E-state index in [9.17, 15) is 9.59 Å². The number of halogens is 1. The van der Waals surface area contributed by atoms with Crippen molar-refractivity contribution >= 4 is 46.3 Å². The highest BCUT2D eigenvalue weighted by molar-refractivity contribution is 7.81. The molecule has 5 rings (SSSR count). The Bertz CT molecular complexity index is 1430. The lowest BCUT2D eigenvalue weighted by atomic mass is 9.75. The molecule has 1 aliphatic carbocycles. The molecule has 1 N–H and O–H groups in total. The van der Waals surface area contributed by atoms with E-state index < -0.39 is 17.3 Å². The number of nitrogens with one attached hydrogen (secondary N) is 1. The maximum absolute atomic E-state index is 15.1. The summed E-state index contributed by atoms with van der Waals surface area (Å²) in [5.41, 5.74) is 1.27. The number of pyridine rings is 2. The number of nitrogens with zero attached hydrogens (tertiary/aromatic N) is 5. The maximum atomic E-state index is 15.1. The molecule has 2 amide bonds. The molecule has 2 aromatic heterocycles. The highest BCUT2D eigenvalue weighted by Crippen LogP contribution is 2.48. The van der Waals surface area contributed by atoms with Gasteiger partial charge < -0.3 is 15.1 Å². The van der Waals surface area contributed by atoms with Crippen LogP contribution < -0.4 is 15.1 Å². The van der Waals surface area contributed by atoms with Crippen molar-refractivity contribution in [3.8, 4) is 0 Å². The van der Waals surface area contributed by atoms with Crippen molar-refractivity contribution in [2.45, 2.75) is 38.3 Å². The third-order valence-corrected chi connectivity index (χ3v) is 6.99. The SMILES string of the molecule is [C-]#[N+]c1ncc(N2C(=O)C3(CCC3)N(c3ccc(CNC(=O)c4ccccn4)c(F)c3)C2=S)cc1C. The molecule has 0 unspecified atom stereocenters. The molecule has 1 aliphatic heterocycles. The van der Waals surface area contributed by atoms with Crippen molar-refractivity contribution in [2.75, 3.05) is 9.80 Å². The molecular formula is C26H21FN6O2S. The average molecular weight is 501 g/mol. The Morgan fingerprint density at radius 1 is 1.22 bits per heavy atom. The summed E-state index contributed by atoms with van der Waals surface area (Å²) in [5, 5.41) is 2.91. The molecule has 36 heavy (non-hydrogen) atoms. The molecule has 2 fully saturated rings. The van der Waals surface area contributed by atoms with Crippen LogP contribution in [-0.2, 0) is 11.3 Å². The van der Waals surface area contributed by atoms with Crippen LogP contribution in [0, 0.1) is 19.3 Å². The van der Waals surface area contributed by atoms with Crippen LogP contribution in [0.15, 0.2) is 54.9 Å². The molecule has 1 saturated carbocycles. The summed E-state index contributed by atoms with van der Waals surface area (Å²) in [4.78, 5) is 40.5. The second-order valence-corrected chi connectivity index (χ2v) is 9.13. The summed E-state index contributed by atoms with van der Waals surface area (Å²) < 4.78 is 15.1. The molecule has 2 aliphatic rings. The van der Waals surface area contributed by atoms with E-state index >= 15 is 4.39 Å². The van der Waals surface area contributed by atoms with E-state index in [1.54, 1.807) is 48.2 Å². The molecule has 180 valence electrons. The Hall–Kier alpha value is -4.23. The van der Waals surface area contributed by atoms with Crippen molar-refractivity contribution < 1.29 is 14.0 Å². The number of rotatable bonds is 5. The van der Waals surface area contributed by atoms with Crippen molar-refractivity contribution in [3.63, 3.8) is 0 Å². The quantitative estimate of drug-likeness (QED) is 0.411. The average Bonchev–Trinajstić information content (AvgIpc) is 3.10. The predicted molar refractivity (Wildman–Crippen MR) is 136 cm³/mol. The molecule has 0 atom stereocenters. The molecule has 3 aromatic rings. The van der Waals surface area contributed by atoms with Gasteiger partial charge in [-0.3, -0.25) is 19.5 Å². The van der Waals surface area contributed by atoms with Gasteiger partial charge in [-0.2, -0.15) is 0 Å². The summed E-state index contributed by atoms with van der Waals surface area (Å²) in [6.45, 7) is 8.95. The van der Waals surface area contributed by atoms with Gasteiger partial charge in [0.1, 0.15) is 23.2 Å². The van der Waals surface area contributed by atoms with Crippen LogP contribution in [-0.4, -0.2) is 32.4 Å². The molecule has 1 aromatic carbocycles. The van der Waals surface area contributed by atoms with Gasteiger partial charge in [0, 0.05) is 24.0 Å². The van der Waals surface area contributed by atoms with E-state index in [1.807, 2.05) is 0 Å². The minimum atomic E-state index is -0.870. The van der Waals surface area contributed by atoms with Gasteiger partial charge in [-0.15, -0.1) is 4.98 Å². The predicted octanol–water partition coefficient (Wildman–Crippen LogP) is 4.47. The van der Waals surface area contributed by atoms with Crippen molar-refractivity contribution in [1.29, 1.82) is 0 Å². The van der Waals surface area contributed by atoms with Crippen LogP contribution in [0.3, 0.4) is 0 Å². The topological polar surface area (TPSA) is 82.8 Å². The van der Waals surface area contributed by atoms with Crippen LogP contribution >= 0.6 is 12.2 Å². The van der Waals surface area contributed by atoms with Crippen LogP contribution in [0.1, 0.15) is 40.9 Å². The Morgan fingerprint density at radius 2 is 2.03 bits per heavy atom. The van der Waals surface area contributed by atoms with Crippen LogP contribution in [0.5, 0.6) is 0 Å². The first-order valence-electron chi connectivity index (χ1n) is 11.4. The fraction of sp³-hybridized carbons (Fsp3) is 0.231. The number of hydrogen-bond acceptors (Lipinski definition) is 5. The van der Waals surface area contributed by atoms with E-state index in [-0.39, 0.29) is 29.1 Å². The summed E-state index contributed by atoms with van der Waals surface area (Å²) in [5.74, 6) is -0.833. The lowest BCUT2D eigenvalue weighted by molar-refractivity contribution is -0.123. The second-order valence-electron chi connectivity index (χ2n) is 8.76. The minimum Gasteiger partial charge on any atom is -0.360 e. The number of benzene rings is 1. The lowest BCUT2D eigenvalue weighted by Crippen LogP contribution is -2.55. The fourth-order valence-electron chi connectivity index (χ4n) is 4.58. The largest absolute Gasteiger partial charge is 0.360 e. The fourth-order valence-corrected chi connectivity index (χ4v) is 5.05. The first-order valence-corrected chi connectivity index (χ1v) is 11.8. The van der Waals surface area contributed by atoms with Crippen LogP contribution in [0.2, 0.25) is 0 Å². The van der Waals surface area contributed by atoms with Crippen molar-refractivity contribution in [1.82, 2.24) is 15.3 Å². The van der Waals surface area contributed by atoms with Crippen LogP contribution in [0.25, 0.3) is 4.85 Å². The van der Waals surface area contributed by atoms with E-state index in [2.05, 4.69) is 20.1 Å². The third kappa shape index (κ3) is 3.78. The number of hydrogen-bond donors (Lipinski definition) is 1. The lowest BCUT2D eigenvalue weighted by Gasteiger charge is -2.43. The first kappa shape index (κ1) is 23.5. The van der Waals surface area contributed by atoms with Crippen molar-refractivity contribution in [2.24, 2.45) is 0 Å². The van der Waals surface area contributed by atoms with Gasteiger partial charge in [-0.1, -0.05) is 18.7 Å². The maximum Gasteiger partial charge on any atom is 0.272 e. The molecule has 0 radical (unpaired) electrons. The normalized spacial score (nSPS) is 16.1. The Balaban J connectivity index is 1.41. The van der Waals surface area contributed by atoms with Gasteiger partial charge in [0.05, 0.1) is 5.69 Å². The molecule has 8 nitrogen and oxygen atoms in total. The van der Waals surface area contributed by atoms with Crippen LogP contribution in [0.4, 0.5) is 21.6 Å². The van der Waals surface area contributed by atoms with E-state index in [0.717, 1.165) is 6.42 Å². The number of anilines is 2. The van der Waals surface area contributed by atoms with Gasteiger partial charge in [0.15, 0.2) is 5.11 Å². The minimum absolute atomic E-state index is 0.0134. The summed E-state index contributed by atoms with van der Waals surface area (Å²) >= 11 is 5.73. The Kier molecular flexibility index (Phi) is 5.94. The first-order chi connectivity index (χ1) is 17.4. The highest BCUT2D eigenvalue weighted by Gasteiger charge is 2.59. The smallest absolute Gasteiger partial charge is 0.272 e. The van der Waals surface area contributed by atoms with E-state index in [4.69, 9.17) is 18.8 Å². The zero-order valence-electron chi connectivity index (χ0n) is 19.4. The molecule has 1 saturated heterocycles. The Morgan fingerprint density at radius 3 is 2.64 bits per heavy atom. The standard InChI is InChI=1S/C26H21FN6O2S/c1-16-12-19(15-30-22(16)28-2)32-24(35)26(9-5-10-26)33(25(32)36)18-8-7-17(20(27)13-18)14-31-23(34)21-6-3-4-11-29-21/h3-4,6-8,11-13,15H,5,9-10,14H2,1H3,(H,31,34). The molecular weight excluding hydrogens is 479 g/mol. The molecule has 1 spiro atoms. The molecule has 0 bridgehead atoms. The third-order valence-electron chi connectivity index (χ3n) is 6.62. The van der Waals surface area contributed by atoms with Crippen molar-refractivity contribution in [3.05, 3.63) is 88.9 Å². The molecule has 3 heterocycles. The summed E-state index contributed by atoms with van der Waals surface area (Å²) in [7, 11) is 0. The van der Waals surface area contributed by atoms with Gasteiger partial charge in [-0.05, 0) is 74.3 Å². The van der Waals surface area contributed by atoms with Gasteiger partial charge in [-0.25, -0.2) is 4.39 Å². The monoisotopic (exact) mass is 500 g/mol. The number of amides is 2. The second kappa shape index (κ2) is 9.09. The number of aromatic nitrogens is 2. The zero-order valence-corrected chi connectivity index (χ0v) is 20.2. The summed E-state index contributed by atoms with van der Waals surface area (Å²) in [6.07, 6.45) is 5.03. The van der Waals surface area contributed by atoms with Gasteiger partial charge in [0.2, 0.25) is 0 Å². The Labute approximate surface area is 212 Å². The zero-order chi connectivity index (χ0) is 25.4. The number of carbonyl (C=O) groups excluding carboxylic acids is 2. The summed E-state index contributed by atoms with van der Waals surface area (Å²) in [6, 6.07) is 11.3. The molecule has 10 heteroatoms. The van der Waals surface area contributed by atoms with Gasteiger partial charge in [0.25, 0.3) is 17.6 Å². The number of carbonyl (C=O) groups is 2.